The van der Waals surface area contributed by atoms with Gasteiger partial charge in [-0.25, -0.2) is 9.36 Å². The molecule has 0 aliphatic rings. The lowest BCUT2D eigenvalue weighted by molar-refractivity contribution is -0.115. The lowest BCUT2D eigenvalue weighted by Crippen LogP contribution is -2.24. The summed E-state index contributed by atoms with van der Waals surface area (Å²) in [4.78, 5) is 12.5. The van der Waals surface area contributed by atoms with Gasteiger partial charge in [-0.15, -0.1) is 10.2 Å². The molecule has 1 aromatic carbocycles. The van der Waals surface area contributed by atoms with Crippen LogP contribution in [0.1, 0.15) is 30.8 Å². The fourth-order valence-electron chi connectivity index (χ4n) is 2.60. The summed E-state index contributed by atoms with van der Waals surface area (Å²) in [5.74, 6) is 6.41. The second kappa shape index (κ2) is 7.83. The summed E-state index contributed by atoms with van der Waals surface area (Å²) >= 11 is 1.24. The molecule has 3 N–H and O–H groups in total. The molecule has 1 atom stereocenters. The van der Waals surface area contributed by atoms with Gasteiger partial charge in [-0.05, 0) is 51.0 Å². The van der Waals surface area contributed by atoms with E-state index in [9.17, 15) is 4.79 Å². The van der Waals surface area contributed by atoms with Crippen LogP contribution in [0.2, 0.25) is 0 Å². The van der Waals surface area contributed by atoms with Gasteiger partial charge in [-0.2, -0.15) is 5.10 Å². The zero-order valence-corrected chi connectivity index (χ0v) is 16.6. The Balaban J connectivity index is 1.69. The van der Waals surface area contributed by atoms with E-state index in [4.69, 9.17) is 5.84 Å². The minimum absolute atomic E-state index is 0.125. The van der Waals surface area contributed by atoms with Crippen molar-refractivity contribution in [3.8, 4) is 5.95 Å². The first-order valence-electron chi connectivity index (χ1n) is 8.69. The van der Waals surface area contributed by atoms with Crippen molar-refractivity contribution in [1.82, 2.24) is 24.7 Å². The van der Waals surface area contributed by atoms with E-state index in [1.165, 1.54) is 22.0 Å². The van der Waals surface area contributed by atoms with Gasteiger partial charge in [0.05, 0.1) is 10.9 Å². The maximum atomic E-state index is 12.5. The Morgan fingerprint density at radius 3 is 2.56 bits per heavy atom. The molecule has 3 rings (SSSR count). The van der Waals surface area contributed by atoms with Crippen LogP contribution in [0.4, 0.5) is 5.69 Å². The average molecular weight is 385 g/mol. The van der Waals surface area contributed by atoms with Crippen LogP contribution in [0.25, 0.3) is 5.95 Å². The van der Waals surface area contributed by atoms with E-state index < -0.39 is 5.25 Å². The highest BCUT2D eigenvalue weighted by molar-refractivity contribution is 8.00. The number of rotatable bonds is 6. The molecule has 142 valence electrons. The molecule has 0 saturated heterocycles. The molecular formula is C18H23N7OS. The topological polar surface area (TPSA) is 104 Å². The molecule has 0 aliphatic carbocycles. The fourth-order valence-corrected chi connectivity index (χ4v) is 3.37. The third kappa shape index (κ3) is 4.13. The molecule has 0 unspecified atom stereocenters. The fraction of sp³-hybridized carbons (Fsp3) is 0.333. The van der Waals surface area contributed by atoms with Crippen LogP contribution in [0, 0.1) is 13.8 Å². The van der Waals surface area contributed by atoms with Crippen LogP contribution in [0.3, 0.4) is 0 Å². The summed E-state index contributed by atoms with van der Waals surface area (Å²) in [5.41, 5.74) is 3.77. The predicted molar refractivity (Wildman–Crippen MR) is 107 cm³/mol. The SMILES string of the molecule is CCc1ccc(NC(=O)[C@@H](C)Sc2nnc(-n3nc(C)cc3C)n2N)cc1. The molecule has 0 aliphatic heterocycles. The first-order valence-corrected chi connectivity index (χ1v) is 9.57. The molecule has 0 bridgehead atoms. The lowest BCUT2D eigenvalue weighted by atomic mass is 10.1. The molecule has 0 saturated carbocycles. The average Bonchev–Trinajstić information content (AvgIpc) is 3.17. The van der Waals surface area contributed by atoms with Gasteiger partial charge in [0.1, 0.15) is 0 Å². The smallest absolute Gasteiger partial charge is 0.271 e. The maximum absolute atomic E-state index is 12.5. The number of benzene rings is 1. The van der Waals surface area contributed by atoms with Crippen molar-refractivity contribution in [3.63, 3.8) is 0 Å². The highest BCUT2D eigenvalue weighted by atomic mass is 32.2. The summed E-state index contributed by atoms with van der Waals surface area (Å²) in [7, 11) is 0. The molecule has 1 amide bonds. The van der Waals surface area contributed by atoms with Crippen molar-refractivity contribution in [2.24, 2.45) is 0 Å². The number of nitrogens with zero attached hydrogens (tertiary/aromatic N) is 5. The quantitative estimate of drug-likeness (QED) is 0.499. The number of thioether (sulfide) groups is 1. The number of nitrogens with one attached hydrogen (secondary N) is 1. The second-order valence-electron chi connectivity index (χ2n) is 6.29. The maximum Gasteiger partial charge on any atom is 0.271 e. The number of nitrogens with two attached hydrogens (primary N) is 1. The molecule has 2 aromatic heterocycles. The van der Waals surface area contributed by atoms with Gasteiger partial charge in [-0.1, -0.05) is 30.8 Å². The van der Waals surface area contributed by atoms with E-state index >= 15 is 0 Å². The second-order valence-corrected chi connectivity index (χ2v) is 7.60. The van der Waals surface area contributed by atoms with Crippen LogP contribution in [-0.2, 0) is 11.2 Å². The Labute approximate surface area is 162 Å². The first-order chi connectivity index (χ1) is 12.9. The summed E-state index contributed by atoms with van der Waals surface area (Å²) in [6.07, 6.45) is 0.963. The van der Waals surface area contributed by atoms with E-state index in [0.29, 0.717) is 11.1 Å². The van der Waals surface area contributed by atoms with Crippen molar-refractivity contribution in [2.45, 2.75) is 44.5 Å². The van der Waals surface area contributed by atoms with Crippen molar-refractivity contribution in [3.05, 3.63) is 47.3 Å². The molecule has 3 aromatic rings. The number of nitrogen functional groups attached to an aromatic ring is 1. The number of aryl methyl sites for hydroxylation is 3. The van der Waals surface area contributed by atoms with Crippen molar-refractivity contribution in [2.75, 3.05) is 11.2 Å². The van der Waals surface area contributed by atoms with Gasteiger partial charge in [0, 0.05) is 11.4 Å². The minimum Gasteiger partial charge on any atom is -0.334 e. The van der Waals surface area contributed by atoms with E-state index in [0.717, 1.165) is 23.5 Å². The Morgan fingerprint density at radius 2 is 1.96 bits per heavy atom. The molecule has 0 spiro atoms. The highest BCUT2D eigenvalue weighted by Gasteiger charge is 2.21. The number of amides is 1. The molecule has 0 radical (unpaired) electrons. The molecular weight excluding hydrogens is 362 g/mol. The van der Waals surface area contributed by atoms with E-state index in [-0.39, 0.29) is 5.91 Å². The third-order valence-electron chi connectivity index (χ3n) is 4.13. The van der Waals surface area contributed by atoms with Crippen LogP contribution in [-0.4, -0.2) is 35.8 Å². The van der Waals surface area contributed by atoms with Crippen molar-refractivity contribution < 1.29 is 4.79 Å². The number of carbonyl (C=O) groups excluding carboxylic acids is 1. The molecule has 27 heavy (non-hydrogen) atoms. The van der Waals surface area contributed by atoms with E-state index in [1.54, 1.807) is 11.6 Å². The van der Waals surface area contributed by atoms with Gasteiger partial charge < -0.3 is 11.2 Å². The van der Waals surface area contributed by atoms with Gasteiger partial charge in [-0.3, -0.25) is 4.79 Å². The van der Waals surface area contributed by atoms with E-state index in [2.05, 4.69) is 27.5 Å². The predicted octanol–water partition coefficient (Wildman–Crippen LogP) is 2.48. The Morgan fingerprint density at radius 1 is 1.26 bits per heavy atom. The number of anilines is 1. The van der Waals surface area contributed by atoms with Crippen molar-refractivity contribution in [1.29, 1.82) is 0 Å². The largest absolute Gasteiger partial charge is 0.334 e. The number of aromatic nitrogens is 5. The number of hydrogen-bond donors (Lipinski definition) is 2. The van der Waals surface area contributed by atoms with E-state index in [1.807, 2.05) is 44.2 Å². The zero-order chi connectivity index (χ0) is 19.6. The highest BCUT2D eigenvalue weighted by Crippen LogP contribution is 2.23. The van der Waals surface area contributed by atoms with Gasteiger partial charge in [0.2, 0.25) is 11.1 Å². The Hall–Kier alpha value is -2.81. The number of carbonyl (C=O) groups is 1. The van der Waals surface area contributed by atoms with Gasteiger partial charge in [0.15, 0.2) is 0 Å². The zero-order valence-electron chi connectivity index (χ0n) is 15.8. The molecule has 0 fully saturated rings. The number of hydrogen-bond acceptors (Lipinski definition) is 6. The van der Waals surface area contributed by atoms with Crippen LogP contribution in [0.5, 0.6) is 0 Å². The van der Waals surface area contributed by atoms with Crippen LogP contribution in [0.15, 0.2) is 35.5 Å². The lowest BCUT2D eigenvalue weighted by Gasteiger charge is -2.12. The first kappa shape index (κ1) is 19.0. The van der Waals surface area contributed by atoms with Gasteiger partial charge in [0.25, 0.3) is 5.95 Å². The van der Waals surface area contributed by atoms with Gasteiger partial charge >= 0.3 is 0 Å². The third-order valence-corrected chi connectivity index (χ3v) is 5.18. The summed E-state index contributed by atoms with van der Waals surface area (Å²) in [6, 6.07) is 9.75. The normalized spacial score (nSPS) is 12.1. The monoisotopic (exact) mass is 385 g/mol. The standard InChI is InChI=1S/C18H23N7OS/c1-5-14-6-8-15(9-7-14)20-16(26)13(4)27-18-22-21-17(24(18)19)25-12(3)10-11(2)23-25/h6-10,13H,5,19H2,1-4H3,(H,20,26)/t13-/m1/s1. The summed E-state index contributed by atoms with van der Waals surface area (Å²) < 4.78 is 2.98. The molecule has 9 heteroatoms. The van der Waals surface area contributed by atoms with Crippen LogP contribution >= 0.6 is 11.8 Å². The molecule has 2 heterocycles. The Bertz CT molecular complexity index is 945. The minimum atomic E-state index is -0.393. The van der Waals surface area contributed by atoms with Crippen molar-refractivity contribution >= 4 is 23.4 Å². The molecule has 8 nitrogen and oxygen atoms in total. The summed E-state index contributed by atoms with van der Waals surface area (Å²) in [6.45, 7) is 7.71. The Kier molecular flexibility index (Phi) is 5.50. The summed E-state index contributed by atoms with van der Waals surface area (Å²) in [5, 5.41) is 15.5. The van der Waals surface area contributed by atoms with Crippen LogP contribution < -0.4 is 11.2 Å².